The van der Waals surface area contributed by atoms with Crippen LogP contribution in [-0.4, -0.2) is 60.1 Å². The molecule has 2 aliphatic rings. The van der Waals surface area contributed by atoms with Gasteiger partial charge in [0.25, 0.3) is 0 Å². The van der Waals surface area contributed by atoms with Gasteiger partial charge in [-0.1, -0.05) is 13.0 Å². The largest absolute Gasteiger partial charge is 0.506 e. The molecule has 0 aromatic carbocycles. The maximum absolute atomic E-state index is 11.7. The molecular weight excluding hydrogens is 376 g/mol. The molecule has 0 aliphatic carbocycles. The topological polar surface area (TPSA) is 97.5 Å². The summed E-state index contributed by atoms with van der Waals surface area (Å²) in [7, 11) is -3.18. The van der Waals surface area contributed by atoms with Crippen molar-refractivity contribution in [2.24, 2.45) is 11.8 Å². The fourth-order valence-electron chi connectivity index (χ4n) is 4.10. The van der Waals surface area contributed by atoms with Crippen LogP contribution in [0.2, 0.25) is 0 Å². The molecule has 1 N–H and O–H groups in total. The lowest BCUT2D eigenvalue weighted by Crippen LogP contribution is -2.33. The molecule has 0 amide bonds. The van der Waals surface area contributed by atoms with E-state index in [1.165, 1.54) is 16.8 Å². The molecule has 0 bridgehead atoms. The quantitative estimate of drug-likeness (QED) is 0.756. The summed E-state index contributed by atoms with van der Waals surface area (Å²) in [4.78, 5) is 6.17. The molecule has 1 saturated heterocycles. The molecule has 28 heavy (non-hydrogen) atoms. The van der Waals surface area contributed by atoms with Gasteiger partial charge in [0.1, 0.15) is 5.75 Å². The van der Waals surface area contributed by atoms with Crippen LogP contribution < -0.4 is 0 Å². The van der Waals surface area contributed by atoms with E-state index >= 15 is 0 Å². The van der Waals surface area contributed by atoms with Crippen molar-refractivity contribution < 1.29 is 13.5 Å². The summed E-state index contributed by atoms with van der Waals surface area (Å²) >= 11 is 0. The van der Waals surface area contributed by atoms with E-state index in [1.807, 2.05) is 12.1 Å². The summed E-state index contributed by atoms with van der Waals surface area (Å²) in [5.74, 6) is 1.15. The van der Waals surface area contributed by atoms with Crippen molar-refractivity contribution in [1.82, 2.24) is 14.2 Å². The molecule has 1 aromatic heterocycles. The van der Waals surface area contributed by atoms with Gasteiger partial charge < -0.3 is 10.0 Å². The number of aromatic nitrogens is 1. The van der Waals surface area contributed by atoms with Gasteiger partial charge in [0.05, 0.1) is 18.1 Å². The van der Waals surface area contributed by atoms with Crippen molar-refractivity contribution in [1.29, 1.82) is 5.26 Å². The van der Waals surface area contributed by atoms with E-state index in [2.05, 4.69) is 18.1 Å². The number of aromatic hydroxyl groups is 1. The Morgan fingerprint density at radius 3 is 2.64 bits per heavy atom. The molecule has 1 unspecified atom stereocenters. The minimum Gasteiger partial charge on any atom is -0.506 e. The van der Waals surface area contributed by atoms with Gasteiger partial charge in [-0.15, -0.1) is 0 Å². The fraction of sp³-hybridized carbons (Fsp3) is 0.600. The molecule has 1 fully saturated rings. The average Bonchev–Trinajstić information content (AvgIpc) is 2.69. The number of nitrogens with zero attached hydrogens (tertiary/aromatic N) is 4. The van der Waals surface area contributed by atoms with E-state index in [-0.39, 0.29) is 5.75 Å². The van der Waals surface area contributed by atoms with Gasteiger partial charge in [0, 0.05) is 26.2 Å². The molecule has 8 heteroatoms. The Kier molecular flexibility index (Phi) is 6.26. The highest BCUT2D eigenvalue weighted by atomic mass is 32.2. The number of hydrogen-bond donors (Lipinski definition) is 1. The van der Waals surface area contributed by atoms with Gasteiger partial charge in [0.2, 0.25) is 10.0 Å². The minimum absolute atomic E-state index is 0.208. The van der Waals surface area contributed by atoms with E-state index < -0.39 is 10.0 Å². The second-order valence-corrected chi connectivity index (χ2v) is 9.89. The SMILES string of the molecule is CC(Cc1cc(C2=CCN(S(C)(=O)=O)CC2)ncc1O)C1CCN(C#N)CC1. The van der Waals surface area contributed by atoms with Gasteiger partial charge in [-0.2, -0.15) is 9.57 Å². The van der Waals surface area contributed by atoms with Crippen molar-refractivity contribution in [2.75, 3.05) is 32.4 Å². The number of sulfonamides is 1. The highest BCUT2D eigenvalue weighted by Crippen LogP contribution is 2.31. The van der Waals surface area contributed by atoms with Crippen LogP contribution in [0.1, 0.15) is 37.4 Å². The molecular formula is C20H28N4O3S. The smallest absolute Gasteiger partial charge is 0.211 e. The lowest BCUT2D eigenvalue weighted by atomic mass is 9.82. The van der Waals surface area contributed by atoms with E-state index in [0.29, 0.717) is 31.3 Å². The third-order valence-corrected chi connectivity index (χ3v) is 7.23. The average molecular weight is 405 g/mol. The Morgan fingerprint density at radius 2 is 2.07 bits per heavy atom. The van der Waals surface area contributed by atoms with Crippen LogP contribution in [0.25, 0.3) is 5.57 Å². The second-order valence-electron chi connectivity index (χ2n) is 7.90. The molecule has 2 aliphatic heterocycles. The van der Waals surface area contributed by atoms with Crippen LogP contribution in [0, 0.1) is 23.3 Å². The molecule has 3 heterocycles. The minimum atomic E-state index is -3.18. The van der Waals surface area contributed by atoms with E-state index in [9.17, 15) is 13.5 Å². The maximum atomic E-state index is 11.7. The Hall–Kier alpha value is -2.11. The van der Waals surface area contributed by atoms with Gasteiger partial charge in [0.15, 0.2) is 6.19 Å². The first-order chi connectivity index (χ1) is 13.3. The number of hydrogen-bond acceptors (Lipinski definition) is 6. The lowest BCUT2D eigenvalue weighted by molar-refractivity contribution is 0.199. The van der Waals surface area contributed by atoms with Gasteiger partial charge in [-0.05, 0) is 54.7 Å². The third-order valence-electron chi connectivity index (χ3n) is 5.96. The van der Waals surface area contributed by atoms with Crippen LogP contribution in [0.3, 0.4) is 0 Å². The fourth-order valence-corrected chi connectivity index (χ4v) is 4.86. The Bertz CT molecular complexity index is 883. The zero-order chi connectivity index (χ0) is 20.3. The van der Waals surface area contributed by atoms with Crippen molar-refractivity contribution >= 4 is 15.6 Å². The van der Waals surface area contributed by atoms with Crippen molar-refractivity contribution in [2.45, 2.75) is 32.6 Å². The molecule has 7 nitrogen and oxygen atoms in total. The summed E-state index contributed by atoms with van der Waals surface area (Å²) in [5, 5.41) is 19.3. The zero-order valence-electron chi connectivity index (χ0n) is 16.5. The maximum Gasteiger partial charge on any atom is 0.211 e. The Balaban J connectivity index is 1.69. The van der Waals surface area contributed by atoms with Crippen LogP contribution in [-0.2, 0) is 16.4 Å². The Labute approximate surface area is 167 Å². The monoisotopic (exact) mass is 404 g/mol. The van der Waals surface area contributed by atoms with Crippen molar-refractivity contribution in [3.8, 4) is 11.9 Å². The molecule has 1 atom stereocenters. The van der Waals surface area contributed by atoms with Crippen LogP contribution in [0.4, 0.5) is 0 Å². The van der Waals surface area contributed by atoms with Crippen LogP contribution in [0.15, 0.2) is 18.3 Å². The summed E-state index contributed by atoms with van der Waals surface area (Å²) in [6, 6.07) is 1.94. The number of rotatable bonds is 5. The molecule has 0 saturated carbocycles. The Morgan fingerprint density at radius 1 is 1.36 bits per heavy atom. The first-order valence-electron chi connectivity index (χ1n) is 9.75. The second kappa shape index (κ2) is 8.50. The number of likely N-dealkylation sites (tertiary alicyclic amines) is 1. The highest BCUT2D eigenvalue weighted by molar-refractivity contribution is 7.88. The van der Waals surface area contributed by atoms with Gasteiger partial charge in [-0.3, -0.25) is 4.98 Å². The molecule has 0 radical (unpaired) electrons. The van der Waals surface area contributed by atoms with Crippen molar-refractivity contribution in [3.63, 3.8) is 0 Å². The summed E-state index contributed by atoms with van der Waals surface area (Å²) < 4.78 is 24.8. The molecule has 152 valence electrons. The van der Waals surface area contributed by atoms with E-state index in [4.69, 9.17) is 5.26 Å². The summed E-state index contributed by atoms with van der Waals surface area (Å²) in [6.07, 6.45) is 10.2. The van der Waals surface area contributed by atoms with Crippen LogP contribution in [0.5, 0.6) is 5.75 Å². The standard InChI is InChI=1S/C20H28N4O3S/c1-15(16-3-7-23(14-21)8-4-16)11-18-12-19(22-13-20(18)25)17-5-9-24(10-6-17)28(2,26)27/h5,12-13,15-16,25H,3-4,6-11H2,1-2H3. The highest BCUT2D eigenvalue weighted by Gasteiger charge is 2.25. The van der Waals surface area contributed by atoms with Gasteiger partial charge in [-0.25, -0.2) is 8.42 Å². The van der Waals surface area contributed by atoms with Crippen molar-refractivity contribution in [3.05, 3.63) is 29.6 Å². The molecule has 1 aromatic rings. The first-order valence-corrected chi connectivity index (χ1v) is 11.6. The first kappa shape index (κ1) is 20.6. The summed E-state index contributed by atoms with van der Waals surface area (Å²) in [5.41, 5.74) is 2.72. The number of pyridine rings is 1. The van der Waals surface area contributed by atoms with Crippen LogP contribution >= 0.6 is 0 Å². The summed E-state index contributed by atoms with van der Waals surface area (Å²) in [6.45, 7) is 4.64. The molecule has 3 rings (SSSR count). The zero-order valence-corrected chi connectivity index (χ0v) is 17.3. The lowest BCUT2D eigenvalue weighted by Gasteiger charge is -2.32. The third kappa shape index (κ3) is 4.83. The molecule has 0 spiro atoms. The number of nitriles is 1. The predicted molar refractivity (Wildman–Crippen MR) is 108 cm³/mol. The predicted octanol–water partition coefficient (Wildman–Crippen LogP) is 2.21. The van der Waals surface area contributed by atoms with E-state index in [0.717, 1.165) is 49.2 Å². The normalized spacial score (nSPS) is 20.5. The van der Waals surface area contributed by atoms with E-state index in [1.54, 1.807) is 4.90 Å². The van der Waals surface area contributed by atoms with Gasteiger partial charge >= 0.3 is 0 Å². The number of piperidine rings is 1.